The van der Waals surface area contributed by atoms with Crippen LogP contribution < -0.4 is 4.80 Å². The van der Waals surface area contributed by atoms with E-state index in [9.17, 15) is 15.0 Å². The van der Waals surface area contributed by atoms with Gasteiger partial charge in [0.15, 0.2) is 4.80 Å². The van der Waals surface area contributed by atoms with Gasteiger partial charge in [0.05, 0.1) is 16.3 Å². The first-order chi connectivity index (χ1) is 14.5. The number of aromatic hydroxyl groups is 2. The van der Waals surface area contributed by atoms with E-state index in [0.29, 0.717) is 21.9 Å². The summed E-state index contributed by atoms with van der Waals surface area (Å²) in [4.78, 5) is 21.0. The van der Waals surface area contributed by atoms with Crippen molar-refractivity contribution in [2.45, 2.75) is 6.54 Å². The second-order valence-electron chi connectivity index (χ2n) is 6.47. The number of rotatable bonds is 5. The Bertz CT molecular complexity index is 1300. The molecule has 7 nitrogen and oxygen atoms in total. The second kappa shape index (κ2) is 7.84. The van der Waals surface area contributed by atoms with Crippen LogP contribution in [0.1, 0.15) is 20.8 Å². The van der Waals surface area contributed by atoms with E-state index in [0.717, 1.165) is 16.8 Å². The van der Waals surface area contributed by atoms with Crippen molar-refractivity contribution < 1.29 is 20.1 Å². The number of benzene rings is 2. The van der Waals surface area contributed by atoms with Gasteiger partial charge in [-0.3, -0.25) is 9.56 Å². The van der Waals surface area contributed by atoms with Gasteiger partial charge in [-0.05, 0) is 24.3 Å². The lowest BCUT2D eigenvalue weighted by molar-refractivity contribution is 0.0694. The van der Waals surface area contributed by atoms with Crippen molar-refractivity contribution in [3.8, 4) is 11.6 Å². The van der Waals surface area contributed by atoms with Crippen molar-refractivity contribution in [1.29, 1.82) is 0 Å². The number of thiazole rings is 1. The monoisotopic (exact) mass is 419 g/mol. The van der Waals surface area contributed by atoms with E-state index in [1.807, 2.05) is 30.3 Å². The number of carbonyl (C=O) groups is 1. The number of aromatic nitrogens is 1. The molecule has 0 unspecified atom stereocenters. The Morgan fingerprint density at radius 1 is 1.23 bits per heavy atom. The van der Waals surface area contributed by atoms with E-state index < -0.39 is 5.97 Å². The first-order valence-electron chi connectivity index (χ1n) is 8.97. The molecule has 1 aromatic heterocycles. The normalized spacial score (nSPS) is 14.3. The van der Waals surface area contributed by atoms with Crippen LogP contribution in [0.4, 0.5) is 11.4 Å². The lowest BCUT2D eigenvalue weighted by Gasteiger charge is -2.02. The summed E-state index contributed by atoms with van der Waals surface area (Å²) in [5.74, 6) is -1.56. The standard InChI is InChI=1S/C22H17N3O4S/c1-2-9-25-20(27)19(10-13-12-23-17-6-4-3-5-15(13)17)30-22(25)24-14-7-8-16(21(28)29)18(26)11-14/h2-8,10-12,26-27H,1,9H2,(H,28,29)/b13-10+,24-22?. The smallest absolute Gasteiger partial charge is 0.339 e. The summed E-state index contributed by atoms with van der Waals surface area (Å²) in [6, 6.07) is 11.8. The number of nitrogens with zero attached hydrogens (tertiary/aromatic N) is 3. The molecule has 2 aromatic carbocycles. The molecule has 0 fully saturated rings. The van der Waals surface area contributed by atoms with Crippen LogP contribution >= 0.6 is 11.3 Å². The highest BCUT2D eigenvalue weighted by Gasteiger charge is 2.16. The number of carboxylic acid groups (broad SMARTS) is 1. The average molecular weight is 419 g/mol. The molecule has 1 aliphatic rings. The molecule has 0 aliphatic carbocycles. The van der Waals surface area contributed by atoms with Crippen LogP contribution in [0.5, 0.6) is 11.6 Å². The molecule has 0 amide bonds. The average Bonchev–Trinajstić information content (AvgIpc) is 3.25. The minimum absolute atomic E-state index is 0.0373. The number of hydrogen-bond acceptors (Lipinski definition) is 6. The van der Waals surface area contributed by atoms with Gasteiger partial charge in [-0.2, -0.15) is 0 Å². The predicted octanol–water partition coefficient (Wildman–Crippen LogP) is 4.33. The summed E-state index contributed by atoms with van der Waals surface area (Å²) in [5, 5.41) is 29.7. The molecule has 0 saturated carbocycles. The number of aliphatic imine (C=N–C) groups is 1. The molecule has 0 atom stereocenters. The fourth-order valence-corrected chi connectivity index (χ4v) is 4.08. The Kier molecular flexibility index (Phi) is 5.07. The Labute approximate surface area is 175 Å². The second-order valence-corrected chi connectivity index (χ2v) is 7.47. The molecule has 0 spiro atoms. The molecule has 0 radical (unpaired) electrons. The molecule has 3 N–H and O–H groups in total. The van der Waals surface area contributed by atoms with Crippen molar-refractivity contribution >= 4 is 46.5 Å². The topological polar surface area (TPSA) is 107 Å². The maximum absolute atomic E-state index is 11.1. The zero-order valence-corrected chi connectivity index (χ0v) is 16.5. The van der Waals surface area contributed by atoms with Gasteiger partial charge in [0.25, 0.3) is 0 Å². The lowest BCUT2D eigenvalue weighted by Crippen LogP contribution is -2.12. The quantitative estimate of drug-likeness (QED) is 0.535. The van der Waals surface area contributed by atoms with Gasteiger partial charge in [-0.15, -0.1) is 6.58 Å². The molecular formula is C22H17N3O4S. The van der Waals surface area contributed by atoms with Gasteiger partial charge in [0.2, 0.25) is 5.88 Å². The molecule has 30 heavy (non-hydrogen) atoms. The maximum Gasteiger partial charge on any atom is 0.339 e. The number of para-hydroxylation sites is 1. The zero-order chi connectivity index (χ0) is 21.3. The number of aromatic carboxylic acids is 1. The summed E-state index contributed by atoms with van der Waals surface area (Å²) < 4.78 is 1.59. The number of fused-ring (bicyclic) bond motifs is 1. The van der Waals surface area contributed by atoms with E-state index in [1.54, 1.807) is 16.9 Å². The van der Waals surface area contributed by atoms with Gasteiger partial charge in [0.1, 0.15) is 11.3 Å². The van der Waals surface area contributed by atoms with Crippen molar-refractivity contribution in [2.75, 3.05) is 0 Å². The first-order valence-corrected chi connectivity index (χ1v) is 9.79. The maximum atomic E-state index is 11.1. The van der Waals surface area contributed by atoms with Gasteiger partial charge >= 0.3 is 5.97 Å². The largest absolute Gasteiger partial charge is 0.507 e. The van der Waals surface area contributed by atoms with Crippen molar-refractivity contribution in [3.05, 3.63) is 75.9 Å². The van der Waals surface area contributed by atoms with Gasteiger partial charge in [-0.1, -0.05) is 35.6 Å². The molecule has 0 saturated heterocycles. The van der Waals surface area contributed by atoms with E-state index in [4.69, 9.17) is 5.11 Å². The van der Waals surface area contributed by atoms with Gasteiger partial charge in [0, 0.05) is 30.0 Å². The number of hydrogen-bond donors (Lipinski definition) is 3. The Morgan fingerprint density at radius 3 is 2.77 bits per heavy atom. The molecule has 0 bridgehead atoms. The molecule has 150 valence electrons. The summed E-state index contributed by atoms with van der Waals surface area (Å²) in [7, 11) is 0. The summed E-state index contributed by atoms with van der Waals surface area (Å²) in [6.45, 7) is 4.05. The van der Waals surface area contributed by atoms with Crippen LogP contribution in [-0.2, 0) is 6.54 Å². The molecule has 3 aromatic rings. The van der Waals surface area contributed by atoms with E-state index in [1.165, 1.54) is 29.5 Å². The molecule has 1 aliphatic heterocycles. The fourth-order valence-electron chi connectivity index (χ4n) is 3.07. The molecule has 4 rings (SSSR count). The van der Waals surface area contributed by atoms with Crippen LogP contribution in [0.15, 0.2) is 65.1 Å². The number of carboxylic acids is 1. The van der Waals surface area contributed by atoms with Crippen LogP contribution in [-0.4, -0.2) is 32.1 Å². The minimum Gasteiger partial charge on any atom is -0.507 e. The zero-order valence-electron chi connectivity index (χ0n) is 15.7. The molecule has 8 heteroatoms. The Balaban J connectivity index is 1.81. The highest BCUT2D eigenvalue weighted by atomic mass is 32.1. The van der Waals surface area contributed by atoms with E-state index in [-0.39, 0.29) is 17.2 Å². The lowest BCUT2D eigenvalue weighted by atomic mass is 10.1. The van der Waals surface area contributed by atoms with Gasteiger partial charge in [-0.25, -0.2) is 9.79 Å². The van der Waals surface area contributed by atoms with Crippen LogP contribution in [0, 0.1) is 0 Å². The van der Waals surface area contributed by atoms with E-state index >= 15 is 0 Å². The highest BCUT2D eigenvalue weighted by Crippen LogP contribution is 2.34. The minimum atomic E-state index is -1.22. The van der Waals surface area contributed by atoms with E-state index in [2.05, 4.69) is 16.6 Å². The van der Waals surface area contributed by atoms with Crippen LogP contribution in [0.3, 0.4) is 0 Å². The summed E-state index contributed by atoms with van der Waals surface area (Å²) in [5.41, 5.74) is 2.89. The molecular weight excluding hydrogens is 402 g/mol. The fraction of sp³-hybridized carbons (Fsp3) is 0.0455. The van der Waals surface area contributed by atoms with Crippen molar-refractivity contribution in [3.63, 3.8) is 0 Å². The third-order valence-electron chi connectivity index (χ3n) is 4.50. The predicted molar refractivity (Wildman–Crippen MR) is 117 cm³/mol. The third kappa shape index (κ3) is 3.56. The Hall–Kier alpha value is -3.91. The SMILES string of the molecule is C=CCn1c(O)c(/C=C2\C=Nc3ccccc32)sc1=Nc1ccc(C(=O)O)c(O)c1. The Morgan fingerprint density at radius 2 is 2.03 bits per heavy atom. The number of phenols is 1. The first kappa shape index (κ1) is 19.4. The summed E-state index contributed by atoms with van der Waals surface area (Å²) in [6.07, 6.45) is 5.24. The highest BCUT2D eigenvalue weighted by molar-refractivity contribution is 7.10. The van der Waals surface area contributed by atoms with Crippen LogP contribution in [0.2, 0.25) is 0 Å². The summed E-state index contributed by atoms with van der Waals surface area (Å²) >= 11 is 1.26. The van der Waals surface area contributed by atoms with Gasteiger partial charge < -0.3 is 15.3 Å². The number of allylic oxidation sites excluding steroid dienone is 2. The van der Waals surface area contributed by atoms with Crippen molar-refractivity contribution in [2.24, 2.45) is 9.98 Å². The third-order valence-corrected chi connectivity index (χ3v) is 5.52. The van der Waals surface area contributed by atoms with Crippen molar-refractivity contribution in [1.82, 2.24) is 4.57 Å². The molecule has 2 heterocycles. The van der Waals surface area contributed by atoms with Crippen LogP contribution in [0.25, 0.3) is 11.6 Å².